The molecule has 10 heteroatoms. The third kappa shape index (κ3) is 7.13. The van der Waals surface area contributed by atoms with E-state index in [9.17, 15) is 14.8 Å². The molecule has 2 rings (SSSR count). The summed E-state index contributed by atoms with van der Waals surface area (Å²) in [5.74, 6) is -0.865. The highest BCUT2D eigenvalue weighted by atomic mass is 16.8. The Morgan fingerprint density at radius 2 is 1.76 bits per heavy atom. The summed E-state index contributed by atoms with van der Waals surface area (Å²) in [7, 11) is 0. The van der Waals surface area contributed by atoms with Crippen molar-refractivity contribution < 1.29 is 14.8 Å². The molecule has 0 heterocycles. The fourth-order valence-corrected chi connectivity index (χ4v) is 2.51. The molecule has 2 aromatic carbocycles. The molecule has 1 unspecified atom stereocenters. The van der Waals surface area contributed by atoms with Crippen LogP contribution < -0.4 is 27.3 Å². The molecular formula is C19H23N6O4-. The van der Waals surface area contributed by atoms with Crippen LogP contribution in [0.3, 0.4) is 0 Å². The van der Waals surface area contributed by atoms with Gasteiger partial charge in [0.15, 0.2) is 5.96 Å². The van der Waals surface area contributed by atoms with Gasteiger partial charge in [-0.2, -0.15) is 0 Å². The average Bonchev–Trinajstić information content (AvgIpc) is 2.71. The van der Waals surface area contributed by atoms with Crippen LogP contribution in [0.1, 0.15) is 23.2 Å². The van der Waals surface area contributed by atoms with Gasteiger partial charge >= 0.3 is 0 Å². The van der Waals surface area contributed by atoms with Gasteiger partial charge in [-0.3, -0.25) is 19.8 Å². The molecule has 1 atom stereocenters. The Hall–Kier alpha value is -3.63. The fourth-order valence-electron chi connectivity index (χ4n) is 2.51. The van der Waals surface area contributed by atoms with E-state index in [0.29, 0.717) is 30.6 Å². The number of guanidine groups is 1. The molecular weight excluding hydrogens is 376 g/mol. The van der Waals surface area contributed by atoms with Crippen LogP contribution in [-0.4, -0.2) is 35.6 Å². The Morgan fingerprint density at radius 1 is 1.10 bits per heavy atom. The average molecular weight is 399 g/mol. The normalized spacial score (nSPS) is 11.2. The number of hydrogen-bond donors (Lipinski definition) is 5. The van der Waals surface area contributed by atoms with E-state index in [1.54, 1.807) is 30.3 Å². The van der Waals surface area contributed by atoms with Crippen molar-refractivity contribution in [2.45, 2.75) is 18.9 Å². The van der Waals surface area contributed by atoms with Crippen LogP contribution >= 0.6 is 0 Å². The van der Waals surface area contributed by atoms with Crippen molar-refractivity contribution in [3.8, 4) is 0 Å². The van der Waals surface area contributed by atoms with Crippen LogP contribution in [0.2, 0.25) is 0 Å². The number of rotatable bonds is 9. The van der Waals surface area contributed by atoms with Crippen molar-refractivity contribution in [3.63, 3.8) is 0 Å². The minimum atomic E-state index is -0.828. The number of nitrogens with one attached hydrogen (secondary N) is 2. The maximum atomic E-state index is 12.7. The smallest absolute Gasteiger partial charge is 0.251 e. The number of nitrogens with zero attached hydrogens (tertiary/aromatic N) is 2. The van der Waals surface area contributed by atoms with E-state index in [4.69, 9.17) is 16.7 Å². The highest BCUT2D eigenvalue weighted by molar-refractivity contribution is 6.01. The lowest BCUT2D eigenvalue weighted by Crippen LogP contribution is -2.44. The Morgan fingerprint density at radius 3 is 2.34 bits per heavy atom. The molecule has 0 radical (unpaired) electrons. The Bertz CT molecular complexity index is 836. The van der Waals surface area contributed by atoms with Gasteiger partial charge in [-0.25, -0.2) is 0 Å². The van der Waals surface area contributed by atoms with Gasteiger partial charge in [0, 0.05) is 17.8 Å². The molecule has 0 aliphatic rings. The highest BCUT2D eigenvalue weighted by Crippen LogP contribution is 2.16. The minimum absolute atomic E-state index is 0.0224. The molecule has 0 bridgehead atoms. The molecule has 2 amide bonds. The first-order valence-electron chi connectivity index (χ1n) is 8.85. The Labute approximate surface area is 167 Å². The SMILES string of the molecule is NC(N)=NCCCC(NC(=O)c1ccccc1)C(=O)Nc1ccc(N([O-])O)cc1. The van der Waals surface area contributed by atoms with E-state index in [2.05, 4.69) is 15.6 Å². The lowest BCUT2D eigenvalue weighted by atomic mass is 10.1. The van der Waals surface area contributed by atoms with E-state index in [-0.39, 0.29) is 22.8 Å². The zero-order valence-corrected chi connectivity index (χ0v) is 15.6. The standard InChI is InChI=1S/C19H23N6O4/c20-19(21)22-12-4-7-16(24-17(26)13-5-2-1-3-6-13)18(27)23-14-8-10-15(11-9-14)25(28)29/h1-3,5-6,8-11,16,28H,4,7,12H2,(H,23,27)(H,24,26)(H4,20,21,22)/q-1. The second kappa shape index (κ2) is 10.6. The van der Waals surface area contributed by atoms with Gasteiger partial charge in [0.2, 0.25) is 5.91 Å². The first-order valence-corrected chi connectivity index (χ1v) is 8.85. The summed E-state index contributed by atoms with van der Waals surface area (Å²) >= 11 is 0. The maximum Gasteiger partial charge on any atom is 0.251 e. The van der Waals surface area contributed by atoms with Gasteiger partial charge in [-0.1, -0.05) is 18.2 Å². The van der Waals surface area contributed by atoms with Crippen LogP contribution in [0.5, 0.6) is 0 Å². The number of aliphatic imine (C=N–C) groups is 1. The van der Waals surface area contributed by atoms with Gasteiger partial charge < -0.3 is 32.5 Å². The predicted octanol–water partition coefficient (Wildman–Crippen LogP) is 1.17. The molecule has 10 nitrogen and oxygen atoms in total. The third-order valence-corrected chi connectivity index (χ3v) is 3.96. The summed E-state index contributed by atoms with van der Waals surface area (Å²) in [5, 5.41) is 24.8. The van der Waals surface area contributed by atoms with Gasteiger partial charge in [-0.15, -0.1) is 0 Å². The number of benzene rings is 2. The number of nitrogens with two attached hydrogens (primary N) is 2. The minimum Gasteiger partial charge on any atom is -0.733 e. The highest BCUT2D eigenvalue weighted by Gasteiger charge is 2.21. The van der Waals surface area contributed by atoms with E-state index in [1.807, 2.05) is 0 Å². The lowest BCUT2D eigenvalue weighted by Gasteiger charge is -2.22. The number of anilines is 2. The second-order valence-corrected chi connectivity index (χ2v) is 6.15. The van der Waals surface area contributed by atoms with E-state index in [1.165, 1.54) is 24.3 Å². The van der Waals surface area contributed by atoms with E-state index >= 15 is 0 Å². The summed E-state index contributed by atoms with van der Waals surface area (Å²) in [6.07, 6.45) is 0.782. The predicted molar refractivity (Wildman–Crippen MR) is 110 cm³/mol. The van der Waals surface area contributed by atoms with Gasteiger partial charge in [0.05, 0.1) is 5.69 Å². The topological polar surface area (TPSA) is 169 Å². The second-order valence-electron chi connectivity index (χ2n) is 6.15. The van der Waals surface area contributed by atoms with Crippen LogP contribution in [0, 0.1) is 5.21 Å². The van der Waals surface area contributed by atoms with Crippen LogP contribution in [-0.2, 0) is 4.79 Å². The molecule has 0 spiro atoms. The molecule has 0 saturated heterocycles. The molecule has 0 saturated carbocycles. The molecule has 0 aromatic heterocycles. The quantitative estimate of drug-likeness (QED) is 0.182. The van der Waals surface area contributed by atoms with E-state index < -0.39 is 11.9 Å². The Kier molecular flexibility index (Phi) is 7.95. The lowest BCUT2D eigenvalue weighted by molar-refractivity contribution is -0.118. The van der Waals surface area contributed by atoms with Crippen LogP contribution in [0.4, 0.5) is 11.4 Å². The van der Waals surface area contributed by atoms with Crippen molar-refractivity contribution >= 4 is 29.1 Å². The molecule has 2 aromatic rings. The fraction of sp³-hybridized carbons (Fsp3) is 0.211. The molecule has 0 aliphatic carbocycles. The summed E-state index contributed by atoms with van der Waals surface area (Å²) < 4.78 is 0. The number of hydrogen-bond acceptors (Lipinski definition) is 6. The van der Waals surface area contributed by atoms with Crippen molar-refractivity contribution in [1.82, 2.24) is 5.32 Å². The number of carbonyl (C=O) groups is 2. The first kappa shape index (κ1) is 21.7. The Balaban J connectivity index is 2.06. The number of amides is 2. The van der Waals surface area contributed by atoms with Gasteiger partial charge in [0.25, 0.3) is 5.91 Å². The largest absolute Gasteiger partial charge is 0.733 e. The van der Waals surface area contributed by atoms with Crippen LogP contribution in [0.15, 0.2) is 59.6 Å². The molecule has 29 heavy (non-hydrogen) atoms. The van der Waals surface area contributed by atoms with Crippen molar-refractivity contribution in [1.29, 1.82) is 0 Å². The number of carbonyl (C=O) groups excluding carboxylic acids is 2. The summed E-state index contributed by atoms with van der Waals surface area (Å²) in [6.45, 7) is 0.317. The zero-order chi connectivity index (χ0) is 21.2. The molecule has 0 aliphatic heterocycles. The van der Waals surface area contributed by atoms with E-state index in [0.717, 1.165) is 0 Å². The summed E-state index contributed by atoms with van der Waals surface area (Å²) in [6, 6.07) is 13.3. The van der Waals surface area contributed by atoms with Crippen LogP contribution in [0.25, 0.3) is 0 Å². The molecule has 154 valence electrons. The van der Waals surface area contributed by atoms with Crippen molar-refractivity contribution in [3.05, 3.63) is 65.4 Å². The maximum absolute atomic E-state index is 12.7. The summed E-state index contributed by atoms with van der Waals surface area (Å²) in [4.78, 5) is 29.0. The van der Waals surface area contributed by atoms with Crippen molar-refractivity contribution in [2.24, 2.45) is 16.5 Å². The molecule has 0 fully saturated rings. The summed E-state index contributed by atoms with van der Waals surface area (Å²) in [5.41, 5.74) is 11.5. The zero-order valence-electron chi connectivity index (χ0n) is 15.6. The molecule has 7 N–H and O–H groups in total. The monoisotopic (exact) mass is 399 g/mol. The van der Waals surface area contributed by atoms with Gasteiger partial charge in [0.1, 0.15) is 6.04 Å². The van der Waals surface area contributed by atoms with Crippen molar-refractivity contribution in [2.75, 3.05) is 17.1 Å². The van der Waals surface area contributed by atoms with Gasteiger partial charge in [-0.05, 0) is 49.2 Å². The third-order valence-electron chi connectivity index (χ3n) is 3.96. The first-order chi connectivity index (χ1) is 13.9.